The van der Waals surface area contributed by atoms with Gasteiger partial charge in [0.1, 0.15) is 5.76 Å². The fraction of sp³-hybridized carbons (Fsp3) is 0.500. The van der Waals surface area contributed by atoms with Crippen molar-refractivity contribution in [2.24, 2.45) is 5.73 Å². The van der Waals surface area contributed by atoms with Gasteiger partial charge in [-0.15, -0.1) is 5.10 Å². The second-order valence-corrected chi connectivity index (χ2v) is 4.13. The molecular weight excluding hydrogens is 230 g/mol. The molecule has 0 unspecified atom stereocenters. The average Bonchev–Trinajstić information content (AvgIpc) is 3.05. The third kappa shape index (κ3) is 3.41. The lowest BCUT2D eigenvalue weighted by Crippen LogP contribution is -2.27. The molecular formula is C12H19N5O. The Morgan fingerprint density at radius 3 is 3.00 bits per heavy atom. The number of nitrogens with zero attached hydrogens (tertiary/aromatic N) is 4. The van der Waals surface area contributed by atoms with E-state index in [4.69, 9.17) is 10.2 Å². The third-order valence-electron chi connectivity index (χ3n) is 2.85. The average molecular weight is 249 g/mol. The van der Waals surface area contributed by atoms with Crippen LogP contribution >= 0.6 is 0 Å². The first-order chi connectivity index (χ1) is 8.81. The lowest BCUT2D eigenvalue weighted by Gasteiger charge is -2.18. The molecule has 0 amide bonds. The molecule has 0 aliphatic rings. The molecule has 18 heavy (non-hydrogen) atoms. The second kappa shape index (κ2) is 6.32. The van der Waals surface area contributed by atoms with Crippen LogP contribution in [0.15, 0.2) is 29.0 Å². The van der Waals surface area contributed by atoms with Crippen molar-refractivity contribution in [2.75, 3.05) is 13.1 Å². The van der Waals surface area contributed by atoms with Crippen LogP contribution in [-0.2, 0) is 19.6 Å². The molecule has 0 aromatic carbocycles. The van der Waals surface area contributed by atoms with E-state index in [0.717, 1.165) is 37.6 Å². The van der Waals surface area contributed by atoms with Crippen molar-refractivity contribution >= 4 is 0 Å². The van der Waals surface area contributed by atoms with Crippen molar-refractivity contribution in [3.05, 3.63) is 36.0 Å². The van der Waals surface area contributed by atoms with E-state index in [2.05, 4.69) is 22.1 Å². The number of hydrogen-bond acceptors (Lipinski definition) is 5. The van der Waals surface area contributed by atoms with Crippen molar-refractivity contribution < 1.29 is 4.42 Å². The number of hydrogen-bond donors (Lipinski definition) is 1. The van der Waals surface area contributed by atoms with Gasteiger partial charge in [0, 0.05) is 19.3 Å². The van der Waals surface area contributed by atoms with Crippen LogP contribution in [0.3, 0.4) is 0 Å². The zero-order valence-electron chi connectivity index (χ0n) is 10.6. The maximum absolute atomic E-state index is 5.50. The summed E-state index contributed by atoms with van der Waals surface area (Å²) in [6.45, 7) is 6.08. The predicted octanol–water partition coefficient (Wildman–Crippen LogP) is 0.852. The molecule has 98 valence electrons. The number of rotatable bonds is 7. The summed E-state index contributed by atoms with van der Waals surface area (Å²) in [5, 5.41) is 7.99. The minimum Gasteiger partial charge on any atom is -0.468 e. The monoisotopic (exact) mass is 249 g/mol. The Labute approximate surface area is 106 Å². The molecule has 6 nitrogen and oxygen atoms in total. The Balaban J connectivity index is 1.83. The van der Waals surface area contributed by atoms with Gasteiger partial charge in [-0.25, -0.2) is 0 Å². The topological polar surface area (TPSA) is 73.1 Å². The zero-order chi connectivity index (χ0) is 12.8. The van der Waals surface area contributed by atoms with Gasteiger partial charge in [-0.1, -0.05) is 12.1 Å². The van der Waals surface area contributed by atoms with Gasteiger partial charge in [0.2, 0.25) is 0 Å². The Morgan fingerprint density at radius 2 is 2.39 bits per heavy atom. The molecule has 0 radical (unpaired) electrons. The minimum atomic E-state index is 0.434. The Kier molecular flexibility index (Phi) is 4.49. The first kappa shape index (κ1) is 12.8. The largest absolute Gasteiger partial charge is 0.468 e. The third-order valence-corrected chi connectivity index (χ3v) is 2.85. The number of furan rings is 1. The number of nitrogens with two attached hydrogens (primary N) is 1. The summed E-state index contributed by atoms with van der Waals surface area (Å²) in [5.41, 5.74) is 6.32. The molecule has 0 fully saturated rings. The molecule has 2 heterocycles. The van der Waals surface area contributed by atoms with Crippen LogP contribution in [0.4, 0.5) is 0 Å². The summed E-state index contributed by atoms with van der Waals surface area (Å²) in [4.78, 5) is 2.29. The van der Waals surface area contributed by atoms with Gasteiger partial charge in [0.25, 0.3) is 0 Å². The lowest BCUT2D eigenvalue weighted by atomic mass is 10.4. The summed E-state index contributed by atoms with van der Waals surface area (Å²) in [7, 11) is 0. The van der Waals surface area contributed by atoms with Crippen LogP contribution in [0.25, 0.3) is 0 Å². The summed E-state index contributed by atoms with van der Waals surface area (Å²) >= 11 is 0. The molecule has 6 heteroatoms. The quantitative estimate of drug-likeness (QED) is 0.787. The molecule has 2 aromatic rings. The highest BCUT2D eigenvalue weighted by atomic mass is 16.3. The van der Waals surface area contributed by atoms with Crippen molar-refractivity contribution in [1.82, 2.24) is 19.9 Å². The maximum atomic E-state index is 5.50. The van der Waals surface area contributed by atoms with E-state index in [-0.39, 0.29) is 0 Å². The fourth-order valence-electron chi connectivity index (χ4n) is 1.76. The summed E-state index contributed by atoms with van der Waals surface area (Å²) in [5.74, 6) is 0.984. The molecule has 2 rings (SSSR count). The summed E-state index contributed by atoms with van der Waals surface area (Å²) in [6.07, 6.45) is 3.59. The molecule has 0 bridgehead atoms. The van der Waals surface area contributed by atoms with Crippen LogP contribution in [0.1, 0.15) is 18.4 Å². The van der Waals surface area contributed by atoms with Crippen molar-refractivity contribution in [3.63, 3.8) is 0 Å². The van der Waals surface area contributed by atoms with Gasteiger partial charge >= 0.3 is 0 Å². The van der Waals surface area contributed by atoms with E-state index in [1.165, 1.54) is 0 Å². The molecule has 0 spiro atoms. The highest BCUT2D eigenvalue weighted by Gasteiger charge is 2.06. The minimum absolute atomic E-state index is 0.434. The van der Waals surface area contributed by atoms with E-state index in [9.17, 15) is 0 Å². The number of aromatic nitrogens is 3. The highest BCUT2D eigenvalue weighted by Crippen LogP contribution is 2.05. The smallest absolute Gasteiger partial charge is 0.117 e. The van der Waals surface area contributed by atoms with E-state index in [0.29, 0.717) is 6.54 Å². The molecule has 0 saturated carbocycles. The summed E-state index contributed by atoms with van der Waals surface area (Å²) < 4.78 is 7.17. The standard InChI is InChI=1S/C12H19N5O/c1-2-16(10-12-4-3-7-18-12)5-6-17-9-11(8-13)14-15-17/h3-4,7,9H,2,5-6,8,10,13H2,1H3. The van der Waals surface area contributed by atoms with E-state index in [1.807, 2.05) is 23.0 Å². The van der Waals surface area contributed by atoms with Crippen LogP contribution in [-0.4, -0.2) is 33.0 Å². The predicted molar refractivity (Wildman–Crippen MR) is 67.6 cm³/mol. The lowest BCUT2D eigenvalue weighted by molar-refractivity contribution is 0.242. The van der Waals surface area contributed by atoms with Gasteiger partial charge in [-0.05, 0) is 18.7 Å². The SMILES string of the molecule is CCN(CCn1cc(CN)nn1)Cc1ccco1. The van der Waals surface area contributed by atoms with Gasteiger partial charge in [0.05, 0.1) is 25.0 Å². The van der Waals surface area contributed by atoms with Gasteiger partial charge < -0.3 is 10.2 Å². The van der Waals surface area contributed by atoms with E-state index in [1.54, 1.807) is 6.26 Å². The van der Waals surface area contributed by atoms with Crippen molar-refractivity contribution in [3.8, 4) is 0 Å². The molecule has 2 N–H and O–H groups in total. The first-order valence-corrected chi connectivity index (χ1v) is 6.15. The van der Waals surface area contributed by atoms with Gasteiger partial charge in [-0.3, -0.25) is 9.58 Å². The Bertz CT molecular complexity index is 451. The first-order valence-electron chi connectivity index (χ1n) is 6.15. The molecule has 2 aromatic heterocycles. The number of likely N-dealkylation sites (N-methyl/N-ethyl adjacent to an activating group) is 1. The molecule has 0 aliphatic heterocycles. The second-order valence-electron chi connectivity index (χ2n) is 4.13. The van der Waals surface area contributed by atoms with E-state index < -0.39 is 0 Å². The zero-order valence-corrected chi connectivity index (χ0v) is 10.6. The van der Waals surface area contributed by atoms with Crippen LogP contribution in [0, 0.1) is 0 Å². The molecule has 0 atom stereocenters. The van der Waals surface area contributed by atoms with Crippen LogP contribution < -0.4 is 5.73 Å². The van der Waals surface area contributed by atoms with Crippen molar-refractivity contribution in [2.45, 2.75) is 26.6 Å². The fourth-order valence-corrected chi connectivity index (χ4v) is 1.76. The van der Waals surface area contributed by atoms with Gasteiger partial charge in [0.15, 0.2) is 0 Å². The summed E-state index contributed by atoms with van der Waals surface area (Å²) in [6, 6.07) is 3.90. The highest BCUT2D eigenvalue weighted by molar-refractivity contribution is 4.97. The van der Waals surface area contributed by atoms with Crippen LogP contribution in [0.5, 0.6) is 0 Å². The van der Waals surface area contributed by atoms with Gasteiger partial charge in [-0.2, -0.15) is 0 Å². The Hall–Kier alpha value is -1.66. The maximum Gasteiger partial charge on any atom is 0.117 e. The normalized spacial score (nSPS) is 11.3. The molecule has 0 saturated heterocycles. The van der Waals surface area contributed by atoms with Crippen molar-refractivity contribution in [1.29, 1.82) is 0 Å². The van der Waals surface area contributed by atoms with Crippen LogP contribution in [0.2, 0.25) is 0 Å². The molecule has 0 aliphatic carbocycles. The van der Waals surface area contributed by atoms with E-state index >= 15 is 0 Å². The Morgan fingerprint density at radius 1 is 1.50 bits per heavy atom.